The normalized spacial score (nSPS) is 10.8. The number of nitrogens with zero attached hydrogens (tertiary/aromatic N) is 3. The Hall–Kier alpha value is -2.75. The highest BCUT2D eigenvalue weighted by Crippen LogP contribution is 2.17. The van der Waals surface area contributed by atoms with Crippen LogP contribution in [0.4, 0.5) is 14.4 Å². The number of benzene rings is 1. The summed E-state index contributed by atoms with van der Waals surface area (Å²) in [7, 11) is -4.32. The van der Waals surface area contributed by atoms with Crippen molar-refractivity contribution < 1.29 is 27.7 Å². The predicted octanol–water partition coefficient (Wildman–Crippen LogP) is 3.27. The van der Waals surface area contributed by atoms with E-state index in [9.17, 15) is 14.4 Å². The van der Waals surface area contributed by atoms with Crippen LogP contribution in [-0.2, 0) is 13.3 Å². The van der Waals surface area contributed by atoms with Crippen LogP contribution in [0.15, 0.2) is 30.3 Å². The predicted molar refractivity (Wildman–Crippen MR) is 120 cm³/mol. The highest BCUT2D eigenvalue weighted by molar-refractivity contribution is 6.79. The Labute approximate surface area is 186 Å². The van der Waals surface area contributed by atoms with Gasteiger partial charge in [-0.05, 0) is 41.5 Å². The fourth-order valence-corrected chi connectivity index (χ4v) is 5.02. The van der Waals surface area contributed by atoms with Crippen LogP contribution in [0.25, 0.3) is 0 Å². The van der Waals surface area contributed by atoms with Gasteiger partial charge in [0.05, 0.1) is 5.19 Å². The maximum absolute atomic E-state index is 12.9. The van der Waals surface area contributed by atoms with E-state index >= 15 is 0 Å². The molecule has 0 fully saturated rings. The van der Waals surface area contributed by atoms with Crippen molar-refractivity contribution in [2.75, 3.05) is 39.3 Å². The first kappa shape index (κ1) is 26.3. The zero-order valence-corrected chi connectivity index (χ0v) is 20.4. The quantitative estimate of drug-likeness (QED) is 0.505. The van der Waals surface area contributed by atoms with Crippen molar-refractivity contribution in [1.29, 1.82) is 0 Å². The molecular weight excluding hydrogens is 418 g/mol. The lowest BCUT2D eigenvalue weighted by Crippen LogP contribution is -2.63. The van der Waals surface area contributed by atoms with E-state index in [0.717, 1.165) is 0 Å². The van der Waals surface area contributed by atoms with Crippen molar-refractivity contribution in [2.24, 2.45) is 0 Å². The van der Waals surface area contributed by atoms with Gasteiger partial charge in [0, 0.05) is 39.3 Å². The van der Waals surface area contributed by atoms with Gasteiger partial charge in [-0.1, -0.05) is 30.3 Å². The molecule has 0 spiro atoms. The fraction of sp³-hybridized carbons (Fsp3) is 0.571. The van der Waals surface area contributed by atoms with E-state index in [-0.39, 0.29) is 0 Å². The van der Waals surface area contributed by atoms with Crippen molar-refractivity contribution in [3.63, 3.8) is 0 Å². The Balaban J connectivity index is 3.52. The Morgan fingerprint density at radius 1 is 0.613 bits per heavy atom. The molecule has 3 amide bonds. The largest absolute Gasteiger partial charge is 0.746 e. The van der Waals surface area contributed by atoms with Gasteiger partial charge in [-0.15, -0.1) is 0 Å². The van der Waals surface area contributed by atoms with Crippen LogP contribution in [0.2, 0.25) is 0 Å². The van der Waals surface area contributed by atoms with Crippen molar-refractivity contribution in [3.8, 4) is 0 Å². The van der Waals surface area contributed by atoms with E-state index in [1.165, 1.54) is 14.7 Å². The molecular formula is C21H35N3O6Si. The lowest BCUT2D eigenvalue weighted by Gasteiger charge is -2.33. The molecule has 1 rings (SSSR count). The minimum Gasteiger partial charge on any atom is -0.435 e. The molecule has 10 heteroatoms. The second kappa shape index (κ2) is 12.8. The van der Waals surface area contributed by atoms with Crippen LogP contribution < -0.4 is 5.19 Å². The highest BCUT2D eigenvalue weighted by Gasteiger charge is 2.57. The Kier molecular flexibility index (Phi) is 10.9. The average Bonchev–Trinajstić information content (AvgIpc) is 2.76. The van der Waals surface area contributed by atoms with Crippen molar-refractivity contribution in [1.82, 2.24) is 14.7 Å². The molecule has 174 valence electrons. The monoisotopic (exact) mass is 453 g/mol. The first-order valence-electron chi connectivity index (χ1n) is 10.8. The molecule has 0 aromatic heterocycles. The third kappa shape index (κ3) is 6.88. The van der Waals surface area contributed by atoms with Crippen LogP contribution in [-0.4, -0.2) is 81.1 Å². The Bertz CT molecular complexity index is 642. The summed E-state index contributed by atoms with van der Waals surface area (Å²) in [5.41, 5.74) is 0. The van der Waals surface area contributed by atoms with Crippen molar-refractivity contribution in [3.05, 3.63) is 30.3 Å². The minimum absolute atomic E-state index is 0.344. The Morgan fingerprint density at radius 3 is 1.16 bits per heavy atom. The molecule has 0 aliphatic rings. The van der Waals surface area contributed by atoms with E-state index in [4.69, 9.17) is 13.3 Å². The number of amides is 3. The molecule has 0 radical (unpaired) electrons. The number of rotatable bonds is 10. The van der Waals surface area contributed by atoms with Gasteiger partial charge in [0.2, 0.25) is 0 Å². The summed E-state index contributed by atoms with van der Waals surface area (Å²) in [6.07, 6.45) is -2.12. The molecule has 0 unspecified atom stereocenters. The molecule has 0 saturated carbocycles. The fourth-order valence-electron chi connectivity index (χ4n) is 2.87. The molecule has 0 aliphatic heterocycles. The summed E-state index contributed by atoms with van der Waals surface area (Å²) < 4.78 is 17.3. The summed E-state index contributed by atoms with van der Waals surface area (Å²) in [6.45, 7) is 13.2. The van der Waals surface area contributed by atoms with E-state index < -0.39 is 27.1 Å². The van der Waals surface area contributed by atoms with Gasteiger partial charge < -0.3 is 28.0 Å². The highest BCUT2D eigenvalue weighted by atomic mass is 28.4. The van der Waals surface area contributed by atoms with E-state index in [0.29, 0.717) is 44.5 Å². The summed E-state index contributed by atoms with van der Waals surface area (Å²) in [5, 5.41) is 0.344. The molecule has 0 aliphatic carbocycles. The molecule has 0 saturated heterocycles. The second-order valence-electron chi connectivity index (χ2n) is 6.54. The van der Waals surface area contributed by atoms with Gasteiger partial charge in [0.1, 0.15) is 0 Å². The van der Waals surface area contributed by atoms with Crippen LogP contribution in [0.3, 0.4) is 0 Å². The van der Waals surface area contributed by atoms with Crippen LogP contribution in [0.1, 0.15) is 41.5 Å². The van der Waals surface area contributed by atoms with Crippen LogP contribution >= 0.6 is 0 Å². The van der Waals surface area contributed by atoms with Gasteiger partial charge >= 0.3 is 27.1 Å². The van der Waals surface area contributed by atoms with E-state index in [2.05, 4.69) is 0 Å². The molecule has 31 heavy (non-hydrogen) atoms. The smallest absolute Gasteiger partial charge is 0.435 e. The van der Waals surface area contributed by atoms with Gasteiger partial charge in [-0.25, -0.2) is 14.4 Å². The third-order valence-corrected chi connectivity index (χ3v) is 7.23. The van der Waals surface area contributed by atoms with Gasteiger partial charge in [-0.2, -0.15) is 0 Å². The first-order chi connectivity index (χ1) is 14.8. The zero-order valence-electron chi connectivity index (χ0n) is 19.4. The minimum atomic E-state index is -4.32. The number of carbonyl (C=O) groups excluding carboxylic acids is 3. The number of carbonyl (C=O) groups is 3. The molecule has 9 nitrogen and oxygen atoms in total. The second-order valence-corrected chi connectivity index (χ2v) is 8.85. The van der Waals surface area contributed by atoms with Gasteiger partial charge in [0.15, 0.2) is 0 Å². The molecule has 0 bridgehead atoms. The lowest BCUT2D eigenvalue weighted by molar-refractivity contribution is 0.0786. The van der Waals surface area contributed by atoms with Gasteiger partial charge in [0.25, 0.3) is 0 Å². The van der Waals surface area contributed by atoms with E-state index in [1.807, 2.05) is 0 Å². The SMILES string of the molecule is CCN(CC)C(=O)O[Si](OC(=O)N(CC)CC)(OC(=O)N(CC)CC)c1ccccc1. The molecule has 0 N–H and O–H groups in total. The molecule has 1 aromatic rings. The van der Waals surface area contributed by atoms with Crippen molar-refractivity contribution >= 4 is 32.3 Å². The summed E-state index contributed by atoms with van der Waals surface area (Å²) in [6, 6.07) is 8.45. The summed E-state index contributed by atoms with van der Waals surface area (Å²) in [5.74, 6) is 0. The molecule has 0 atom stereocenters. The standard InChI is InChI=1S/C21H35N3O6Si/c1-7-22(8-2)19(25)28-31(18-16-14-13-15-17-18,29-20(26)23(9-3)10-4)30-21(27)24(11-5)12-6/h13-17H,7-12H2,1-6H3. The first-order valence-corrected chi connectivity index (χ1v) is 12.5. The third-order valence-electron chi connectivity index (χ3n) is 4.86. The molecule has 1 aromatic carbocycles. The number of hydrogen-bond donors (Lipinski definition) is 0. The summed E-state index contributed by atoms with van der Waals surface area (Å²) >= 11 is 0. The zero-order chi connectivity index (χ0) is 23.4. The topological polar surface area (TPSA) is 88.6 Å². The Morgan fingerprint density at radius 2 is 0.903 bits per heavy atom. The van der Waals surface area contributed by atoms with Gasteiger partial charge in [-0.3, -0.25) is 0 Å². The van der Waals surface area contributed by atoms with Crippen LogP contribution in [0.5, 0.6) is 0 Å². The average molecular weight is 454 g/mol. The number of hydrogen-bond acceptors (Lipinski definition) is 6. The van der Waals surface area contributed by atoms with E-state index in [1.54, 1.807) is 71.9 Å². The molecule has 0 heterocycles. The maximum atomic E-state index is 12.9. The lowest BCUT2D eigenvalue weighted by atomic mass is 10.4. The van der Waals surface area contributed by atoms with Crippen LogP contribution in [0, 0.1) is 0 Å². The maximum Gasteiger partial charge on any atom is 0.746 e. The summed E-state index contributed by atoms with van der Waals surface area (Å²) in [4.78, 5) is 43.0. The van der Waals surface area contributed by atoms with Crippen molar-refractivity contribution in [2.45, 2.75) is 41.5 Å².